The van der Waals surface area contributed by atoms with E-state index in [4.69, 9.17) is 9.15 Å². The summed E-state index contributed by atoms with van der Waals surface area (Å²) in [7, 11) is 0. The molecule has 6 nitrogen and oxygen atoms in total. The summed E-state index contributed by atoms with van der Waals surface area (Å²) in [5, 5.41) is 5.23. The monoisotopic (exact) mass is 390 g/mol. The SMILES string of the molecule is CCOC(=O)c1c(-c2ccc(C)o2)csc1NC(=O)CN1CCC[C@@H](C)C1. The minimum absolute atomic E-state index is 0.112. The number of thiophene rings is 1. The van der Waals surface area contributed by atoms with Gasteiger partial charge in [-0.15, -0.1) is 11.3 Å². The zero-order valence-electron chi connectivity index (χ0n) is 16.0. The van der Waals surface area contributed by atoms with Crippen molar-refractivity contribution in [1.29, 1.82) is 0 Å². The lowest BCUT2D eigenvalue weighted by Crippen LogP contribution is -2.39. The molecule has 3 rings (SSSR count). The van der Waals surface area contributed by atoms with Crippen molar-refractivity contribution in [2.75, 3.05) is 31.6 Å². The van der Waals surface area contributed by atoms with Gasteiger partial charge in [0.25, 0.3) is 0 Å². The van der Waals surface area contributed by atoms with Crippen LogP contribution in [0.2, 0.25) is 0 Å². The third-order valence-electron chi connectivity index (χ3n) is 4.64. The Bertz CT molecular complexity index is 811. The van der Waals surface area contributed by atoms with E-state index in [2.05, 4.69) is 17.1 Å². The third kappa shape index (κ3) is 4.78. The molecule has 1 atom stereocenters. The number of hydrogen-bond acceptors (Lipinski definition) is 6. The van der Waals surface area contributed by atoms with Gasteiger partial charge in [-0.3, -0.25) is 9.69 Å². The maximum absolute atomic E-state index is 12.5. The number of likely N-dealkylation sites (tertiary alicyclic amines) is 1. The molecule has 7 heteroatoms. The highest BCUT2D eigenvalue weighted by Gasteiger charge is 2.25. The number of furan rings is 1. The summed E-state index contributed by atoms with van der Waals surface area (Å²) in [5.41, 5.74) is 1.00. The molecule has 1 aliphatic heterocycles. The van der Waals surface area contributed by atoms with Crippen molar-refractivity contribution in [3.63, 3.8) is 0 Å². The van der Waals surface area contributed by atoms with Crippen molar-refractivity contribution >= 4 is 28.2 Å². The second kappa shape index (κ2) is 8.71. The molecular weight excluding hydrogens is 364 g/mol. The largest absolute Gasteiger partial charge is 0.462 e. The highest BCUT2D eigenvalue weighted by molar-refractivity contribution is 7.15. The smallest absolute Gasteiger partial charge is 0.341 e. The molecule has 1 aliphatic rings. The van der Waals surface area contributed by atoms with Gasteiger partial charge in [0.15, 0.2) is 0 Å². The van der Waals surface area contributed by atoms with Gasteiger partial charge in [0, 0.05) is 17.5 Å². The summed E-state index contributed by atoms with van der Waals surface area (Å²) in [5.74, 6) is 1.40. The molecule has 0 bridgehead atoms. The van der Waals surface area contributed by atoms with Crippen LogP contribution in [0.3, 0.4) is 0 Å². The van der Waals surface area contributed by atoms with Gasteiger partial charge in [-0.1, -0.05) is 6.92 Å². The third-order valence-corrected chi connectivity index (χ3v) is 5.53. The predicted molar refractivity (Wildman–Crippen MR) is 106 cm³/mol. The number of piperidine rings is 1. The van der Waals surface area contributed by atoms with Gasteiger partial charge >= 0.3 is 5.97 Å². The molecular formula is C20H26N2O4S. The number of nitrogens with one attached hydrogen (secondary N) is 1. The molecule has 0 saturated carbocycles. The fourth-order valence-electron chi connectivity index (χ4n) is 3.42. The van der Waals surface area contributed by atoms with E-state index in [0.717, 1.165) is 25.3 Å². The van der Waals surface area contributed by atoms with E-state index in [-0.39, 0.29) is 12.5 Å². The van der Waals surface area contributed by atoms with Crippen molar-refractivity contribution in [3.05, 3.63) is 28.8 Å². The molecule has 0 spiro atoms. The van der Waals surface area contributed by atoms with Crippen LogP contribution in [0.4, 0.5) is 5.00 Å². The van der Waals surface area contributed by atoms with E-state index in [9.17, 15) is 9.59 Å². The summed E-state index contributed by atoms with van der Waals surface area (Å²) >= 11 is 1.31. The van der Waals surface area contributed by atoms with Crippen LogP contribution in [-0.2, 0) is 9.53 Å². The Balaban J connectivity index is 1.79. The molecule has 146 valence electrons. The highest BCUT2D eigenvalue weighted by atomic mass is 32.1. The quantitative estimate of drug-likeness (QED) is 0.750. The number of amides is 1. The van der Waals surface area contributed by atoms with Gasteiger partial charge in [0.05, 0.1) is 13.2 Å². The molecule has 2 aromatic rings. The summed E-state index contributed by atoms with van der Waals surface area (Å²) < 4.78 is 10.9. The Morgan fingerprint density at radius 3 is 2.89 bits per heavy atom. The van der Waals surface area contributed by atoms with E-state index in [0.29, 0.717) is 34.4 Å². The number of carbonyl (C=O) groups is 2. The lowest BCUT2D eigenvalue weighted by Gasteiger charge is -2.30. The van der Waals surface area contributed by atoms with E-state index < -0.39 is 5.97 Å². The Kier molecular flexibility index (Phi) is 6.34. The molecule has 3 heterocycles. The van der Waals surface area contributed by atoms with E-state index in [1.807, 2.05) is 24.4 Å². The van der Waals surface area contributed by atoms with Crippen LogP contribution in [0.5, 0.6) is 0 Å². The highest BCUT2D eigenvalue weighted by Crippen LogP contribution is 2.37. The first-order chi connectivity index (χ1) is 13.0. The number of carbonyl (C=O) groups excluding carboxylic acids is 2. The van der Waals surface area contributed by atoms with Crippen molar-refractivity contribution < 1.29 is 18.7 Å². The molecule has 2 aromatic heterocycles. The van der Waals surface area contributed by atoms with Crippen LogP contribution < -0.4 is 5.32 Å². The van der Waals surface area contributed by atoms with Gasteiger partial charge in [-0.2, -0.15) is 0 Å². The summed E-state index contributed by atoms with van der Waals surface area (Å²) in [4.78, 5) is 27.2. The molecule has 1 N–H and O–H groups in total. The zero-order chi connectivity index (χ0) is 19.4. The van der Waals surface area contributed by atoms with Gasteiger partial charge in [-0.25, -0.2) is 4.79 Å². The van der Waals surface area contributed by atoms with Crippen molar-refractivity contribution in [1.82, 2.24) is 4.90 Å². The predicted octanol–water partition coefficient (Wildman–Crippen LogP) is 4.16. The average Bonchev–Trinajstić information content (AvgIpc) is 3.21. The zero-order valence-corrected chi connectivity index (χ0v) is 16.9. The molecule has 0 unspecified atom stereocenters. The van der Waals surface area contributed by atoms with Crippen LogP contribution in [0, 0.1) is 12.8 Å². The van der Waals surface area contributed by atoms with Crippen LogP contribution in [-0.4, -0.2) is 43.0 Å². The first kappa shape index (κ1) is 19.6. The topological polar surface area (TPSA) is 71.8 Å². The number of rotatable bonds is 6. The maximum atomic E-state index is 12.5. The van der Waals surface area contributed by atoms with Gasteiger partial charge in [-0.05, 0) is 51.3 Å². The van der Waals surface area contributed by atoms with Crippen LogP contribution >= 0.6 is 11.3 Å². The first-order valence-corrected chi connectivity index (χ1v) is 10.2. The second-order valence-electron chi connectivity index (χ2n) is 7.01. The molecule has 1 saturated heterocycles. The number of ether oxygens (including phenoxy) is 1. The van der Waals surface area contributed by atoms with Gasteiger partial charge in [0.2, 0.25) is 5.91 Å². The second-order valence-corrected chi connectivity index (χ2v) is 7.89. The van der Waals surface area contributed by atoms with Crippen LogP contribution in [0.1, 0.15) is 42.8 Å². The van der Waals surface area contributed by atoms with Crippen molar-refractivity contribution in [2.45, 2.75) is 33.6 Å². The first-order valence-electron chi connectivity index (χ1n) is 9.35. The molecule has 0 aliphatic carbocycles. The van der Waals surface area contributed by atoms with Crippen molar-refractivity contribution in [3.8, 4) is 11.3 Å². The molecule has 1 fully saturated rings. The summed E-state index contributed by atoms with van der Waals surface area (Å²) in [6.07, 6.45) is 2.32. The Labute approximate surface area is 163 Å². The van der Waals surface area contributed by atoms with E-state index in [1.54, 1.807) is 6.92 Å². The molecule has 0 radical (unpaired) electrons. The fraction of sp³-hybridized carbons (Fsp3) is 0.500. The lowest BCUT2D eigenvalue weighted by atomic mass is 10.0. The van der Waals surface area contributed by atoms with Crippen LogP contribution in [0.25, 0.3) is 11.3 Å². The van der Waals surface area contributed by atoms with Gasteiger partial charge < -0.3 is 14.5 Å². The van der Waals surface area contributed by atoms with Gasteiger partial charge in [0.1, 0.15) is 22.1 Å². The van der Waals surface area contributed by atoms with E-state index in [1.165, 1.54) is 17.8 Å². The number of aryl methyl sites for hydroxylation is 1. The normalized spacial score (nSPS) is 17.7. The average molecular weight is 391 g/mol. The Morgan fingerprint density at radius 1 is 1.41 bits per heavy atom. The van der Waals surface area contributed by atoms with Crippen molar-refractivity contribution in [2.24, 2.45) is 5.92 Å². The molecule has 27 heavy (non-hydrogen) atoms. The summed E-state index contributed by atoms with van der Waals surface area (Å²) in [6.45, 7) is 8.28. The minimum atomic E-state index is -0.454. The lowest BCUT2D eigenvalue weighted by molar-refractivity contribution is -0.117. The Hall–Kier alpha value is -2.12. The standard InChI is InChI=1S/C20H26N2O4S/c1-4-25-20(24)18-15(16-8-7-14(3)26-16)12-27-19(18)21-17(23)11-22-9-5-6-13(2)10-22/h7-8,12-13H,4-6,9-11H2,1-3H3,(H,21,23)/t13-/m1/s1. The Morgan fingerprint density at radius 2 is 2.22 bits per heavy atom. The molecule has 1 amide bonds. The number of nitrogens with zero attached hydrogens (tertiary/aromatic N) is 1. The maximum Gasteiger partial charge on any atom is 0.341 e. The number of hydrogen-bond donors (Lipinski definition) is 1. The fourth-order valence-corrected chi connectivity index (χ4v) is 4.37. The summed E-state index contributed by atoms with van der Waals surface area (Å²) in [6, 6.07) is 3.67. The number of anilines is 1. The van der Waals surface area contributed by atoms with Crippen LogP contribution in [0.15, 0.2) is 21.9 Å². The molecule has 0 aromatic carbocycles. The number of esters is 1. The van der Waals surface area contributed by atoms with E-state index >= 15 is 0 Å². The minimum Gasteiger partial charge on any atom is -0.462 e.